The smallest absolute Gasteiger partial charge is 0.293 e. The van der Waals surface area contributed by atoms with Gasteiger partial charge in [0.2, 0.25) is 0 Å². The van der Waals surface area contributed by atoms with E-state index in [2.05, 4.69) is 15.5 Å². The molecule has 0 radical (unpaired) electrons. The number of nitrogens with one attached hydrogen (secondary N) is 1. The summed E-state index contributed by atoms with van der Waals surface area (Å²) in [6.45, 7) is 1.00. The van der Waals surface area contributed by atoms with Crippen molar-refractivity contribution < 1.29 is 8.94 Å². The normalized spacial score (nSPS) is 20.8. The van der Waals surface area contributed by atoms with Gasteiger partial charge in [-0.3, -0.25) is 0 Å². The second kappa shape index (κ2) is 5.12. The molecule has 6 heteroatoms. The third-order valence-electron chi connectivity index (χ3n) is 3.10. The minimum atomic E-state index is 0.176. The van der Waals surface area contributed by atoms with E-state index < -0.39 is 0 Å². The fourth-order valence-electron chi connectivity index (χ4n) is 2.15. The summed E-state index contributed by atoms with van der Waals surface area (Å²) in [7, 11) is 0. The van der Waals surface area contributed by atoms with Crippen molar-refractivity contribution in [3.05, 3.63) is 23.2 Å². The van der Waals surface area contributed by atoms with Crippen LogP contribution in [0.1, 0.15) is 37.5 Å². The van der Waals surface area contributed by atoms with Gasteiger partial charge in [0.05, 0.1) is 6.04 Å². The summed E-state index contributed by atoms with van der Waals surface area (Å²) < 4.78 is 10.4. The molecule has 18 heavy (non-hydrogen) atoms. The van der Waals surface area contributed by atoms with Crippen LogP contribution in [-0.2, 0) is 0 Å². The largest absolute Gasteiger partial charge is 0.440 e. The summed E-state index contributed by atoms with van der Waals surface area (Å²) in [6.07, 6.45) is 4.68. The number of nitrogens with zero attached hydrogens (tertiary/aromatic N) is 2. The highest BCUT2D eigenvalue weighted by atomic mass is 35.5. The molecule has 1 unspecified atom stereocenters. The summed E-state index contributed by atoms with van der Waals surface area (Å²) in [5, 5.41) is 7.76. The van der Waals surface area contributed by atoms with Crippen LogP contribution in [0.3, 0.4) is 0 Å². The maximum absolute atomic E-state index is 5.72. The molecule has 1 aliphatic heterocycles. The lowest BCUT2D eigenvalue weighted by molar-refractivity contribution is 0.393. The number of hydrogen-bond donors (Lipinski definition) is 1. The second-order valence-corrected chi connectivity index (χ2v) is 4.79. The minimum Gasteiger partial charge on any atom is -0.440 e. The van der Waals surface area contributed by atoms with Gasteiger partial charge in [-0.05, 0) is 43.1 Å². The van der Waals surface area contributed by atoms with Crippen molar-refractivity contribution in [1.82, 2.24) is 15.5 Å². The lowest BCUT2D eigenvalue weighted by Crippen LogP contribution is -2.21. The predicted octanol–water partition coefficient (Wildman–Crippen LogP) is 3.19. The molecule has 3 rings (SSSR count). The Bertz CT molecular complexity index is 515. The van der Waals surface area contributed by atoms with Crippen molar-refractivity contribution in [3.63, 3.8) is 0 Å². The van der Waals surface area contributed by atoms with Gasteiger partial charge >= 0.3 is 0 Å². The highest BCUT2D eigenvalue weighted by Crippen LogP contribution is 2.26. The van der Waals surface area contributed by atoms with Crippen LogP contribution >= 0.6 is 11.6 Å². The van der Waals surface area contributed by atoms with E-state index in [4.69, 9.17) is 20.5 Å². The molecular weight excluding hydrogens is 254 g/mol. The molecule has 2 aromatic heterocycles. The Kier molecular flexibility index (Phi) is 3.34. The van der Waals surface area contributed by atoms with Crippen molar-refractivity contribution >= 4 is 11.6 Å². The van der Waals surface area contributed by atoms with E-state index in [0.29, 0.717) is 22.7 Å². The van der Waals surface area contributed by atoms with Crippen LogP contribution in [0.2, 0.25) is 5.22 Å². The number of rotatable bonds is 2. The zero-order valence-corrected chi connectivity index (χ0v) is 10.6. The SMILES string of the molecule is Clc1ccc(-c2nc(C3CCCCCN3)no2)o1. The third-order valence-corrected chi connectivity index (χ3v) is 3.30. The van der Waals surface area contributed by atoms with Gasteiger partial charge in [-0.15, -0.1) is 0 Å². The molecule has 0 aliphatic carbocycles. The van der Waals surface area contributed by atoms with E-state index in [1.165, 1.54) is 19.3 Å². The van der Waals surface area contributed by atoms with E-state index >= 15 is 0 Å². The Hall–Kier alpha value is -1.33. The average Bonchev–Trinajstić information content (AvgIpc) is 2.92. The molecule has 0 saturated carbocycles. The number of aromatic nitrogens is 2. The van der Waals surface area contributed by atoms with Crippen LogP contribution in [0.15, 0.2) is 21.1 Å². The van der Waals surface area contributed by atoms with Gasteiger partial charge in [0, 0.05) is 0 Å². The van der Waals surface area contributed by atoms with Gasteiger partial charge in [0.1, 0.15) is 0 Å². The van der Waals surface area contributed by atoms with Crippen LogP contribution in [0.5, 0.6) is 0 Å². The molecule has 96 valence electrons. The first-order valence-corrected chi connectivity index (χ1v) is 6.53. The van der Waals surface area contributed by atoms with Gasteiger partial charge in [-0.2, -0.15) is 4.98 Å². The molecule has 0 spiro atoms. The molecular formula is C12H14ClN3O2. The van der Waals surface area contributed by atoms with Crippen molar-refractivity contribution in [2.24, 2.45) is 0 Å². The molecule has 2 aromatic rings. The highest BCUT2D eigenvalue weighted by molar-refractivity contribution is 6.28. The Morgan fingerprint density at radius 1 is 1.28 bits per heavy atom. The Morgan fingerprint density at radius 2 is 2.22 bits per heavy atom. The molecule has 1 N–H and O–H groups in total. The molecule has 1 saturated heterocycles. The highest BCUT2D eigenvalue weighted by Gasteiger charge is 2.21. The zero-order chi connectivity index (χ0) is 12.4. The third kappa shape index (κ3) is 2.42. The molecule has 5 nitrogen and oxygen atoms in total. The molecule has 1 aliphatic rings. The van der Waals surface area contributed by atoms with E-state index in [-0.39, 0.29) is 6.04 Å². The molecule has 0 aromatic carbocycles. The molecule has 0 bridgehead atoms. The zero-order valence-electron chi connectivity index (χ0n) is 9.86. The summed E-state index contributed by atoms with van der Waals surface area (Å²) in [6, 6.07) is 3.56. The van der Waals surface area contributed by atoms with E-state index in [0.717, 1.165) is 13.0 Å². The maximum atomic E-state index is 5.72. The monoisotopic (exact) mass is 267 g/mol. The Balaban J connectivity index is 1.80. The van der Waals surface area contributed by atoms with E-state index in [9.17, 15) is 0 Å². The maximum Gasteiger partial charge on any atom is 0.293 e. The number of halogens is 1. The summed E-state index contributed by atoms with van der Waals surface area (Å²) in [4.78, 5) is 4.37. The van der Waals surface area contributed by atoms with Gasteiger partial charge in [0.15, 0.2) is 16.8 Å². The number of hydrogen-bond acceptors (Lipinski definition) is 5. The second-order valence-electron chi connectivity index (χ2n) is 4.42. The molecule has 1 fully saturated rings. The molecule has 3 heterocycles. The number of furan rings is 1. The quantitative estimate of drug-likeness (QED) is 0.905. The Morgan fingerprint density at radius 3 is 3.06 bits per heavy atom. The van der Waals surface area contributed by atoms with Crippen molar-refractivity contribution in [1.29, 1.82) is 0 Å². The van der Waals surface area contributed by atoms with Gasteiger partial charge < -0.3 is 14.3 Å². The lowest BCUT2D eigenvalue weighted by atomic mass is 10.1. The van der Waals surface area contributed by atoms with Gasteiger partial charge in [-0.1, -0.05) is 18.0 Å². The first-order valence-electron chi connectivity index (χ1n) is 6.15. The summed E-state index contributed by atoms with van der Waals surface area (Å²) >= 11 is 5.72. The summed E-state index contributed by atoms with van der Waals surface area (Å²) in [5.41, 5.74) is 0. The molecule has 0 amide bonds. The lowest BCUT2D eigenvalue weighted by Gasteiger charge is -2.09. The van der Waals surface area contributed by atoms with Crippen LogP contribution in [0.4, 0.5) is 0 Å². The van der Waals surface area contributed by atoms with Crippen LogP contribution < -0.4 is 5.32 Å². The van der Waals surface area contributed by atoms with Gasteiger partial charge in [0.25, 0.3) is 5.89 Å². The van der Waals surface area contributed by atoms with Gasteiger partial charge in [-0.25, -0.2) is 0 Å². The molecule has 1 atom stereocenters. The Labute approximate surface area is 110 Å². The minimum absolute atomic E-state index is 0.176. The van der Waals surface area contributed by atoms with Crippen molar-refractivity contribution in [3.8, 4) is 11.7 Å². The average molecular weight is 268 g/mol. The predicted molar refractivity (Wildman–Crippen MR) is 66.2 cm³/mol. The summed E-state index contributed by atoms with van der Waals surface area (Å²) in [5.74, 6) is 1.58. The first kappa shape index (κ1) is 11.7. The standard InChI is InChI=1S/C12H14ClN3O2/c13-10-6-5-9(17-10)12-15-11(16-18-12)8-4-2-1-3-7-14-8/h5-6,8,14H,1-4,7H2. The fraction of sp³-hybridized carbons (Fsp3) is 0.500. The van der Waals surface area contributed by atoms with E-state index in [1.54, 1.807) is 12.1 Å². The fourth-order valence-corrected chi connectivity index (χ4v) is 2.30. The van der Waals surface area contributed by atoms with Crippen molar-refractivity contribution in [2.45, 2.75) is 31.7 Å². The van der Waals surface area contributed by atoms with Crippen LogP contribution in [0, 0.1) is 0 Å². The first-order chi connectivity index (χ1) is 8.83. The van der Waals surface area contributed by atoms with Crippen LogP contribution in [0.25, 0.3) is 11.7 Å². The topological polar surface area (TPSA) is 64.1 Å². The van der Waals surface area contributed by atoms with Crippen LogP contribution in [-0.4, -0.2) is 16.7 Å². The van der Waals surface area contributed by atoms with Crippen molar-refractivity contribution in [2.75, 3.05) is 6.54 Å². The van der Waals surface area contributed by atoms with E-state index in [1.807, 2.05) is 0 Å².